The van der Waals surface area contributed by atoms with Crippen LogP contribution in [0.3, 0.4) is 0 Å². The summed E-state index contributed by atoms with van der Waals surface area (Å²) in [6.07, 6.45) is 0.0747. The normalized spacial score (nSPS) is 26.3. The van der Waals surface area contributed by atoms with E-state index in [4.69, 9.17) is 14.2 Å². The van der Waals surface area contributed by atoms with Crippen molar-refractivity contribution in [2.24, 2.45) is 0 Å². The summed E-state index contributed by atoms with van der Waals surface area (Å²) in [5.74, 6) is -0.552. The van der Waals surface area contributed by atoms with Gasteiger partial charge in [0.05, 0.1) is 13.2 Å². The summed E-state index contributed by atoms with van der Waals surface area (Å²) in [7, 11) is 0. The van der Waals surface area contributed by atoms with Crippen LogP contribution in [-0.2, 0) is 19.0 Å². The fraction of sp³-hybridized carbons (Fsp3) is 0.964. The Morgan fingerprint density at radius 3 is 1.77 bits per heavy atom. The fourth-order valence-corrected chi connectivity index (χ4v) is 4.69. The Morgan fingerprint density at radius 2 is 1.27 bits per heavy atom. The van der Waals surface area contributed by atoms with Gasteiger partial charge in [0.2, 0.25) is 0 Å². The first-order valence-electron chi connectivity index (χ1n) is 14.9. The average Bonchev–Trinajstić information content (AvgIpc) is 2.95. The molecule has 0 aromatic rings. The van der Waals surface area contributed by atoms with Gasteiger partial charge >= 0.3 is 5.97 Å². The highest BCUT2D eigenvalue weighted by Gasteiger charge is 2.46. The Kier molecular flexibility index (Phi) is 20.1. The molecule has 0 bridgehead atoms. The van der Waals surface area contributed by atoms with E-state index in [1.165, 1.54) is 57.8 Å². The molecule has 1 aliphatic rings. The first-order chi connectivity index (χ1) is 19.2. The highest BCUT2D eigenvalue weighted by Crippen LogP contribution is 2.25. The molecule has 8 N–H and O–H groups in total. The lowest BCUT2D eigenvalue weighted by Crippen LogP contribution is -2.61. The molecule has 1 saturated heterocycles. The van der Waals surface area contributed by atoms with Gasteiger partial charge in [0.25, 0.3) is 0 Å². The van der Waals surface area contributed by atoms with Gasteiger partial charge in [0.15, 0.2) is 6.29 Å². The molecule has 9 atom stereocenters. The third-order valence-corrected chi connectivity index (χ3v) is 7.34. The van der Waals surface area contributed by atoms with Crippen LogP contribution in [0.1, 0.15) is 96.8 Å². The molecule has 1 rings (SSSR count). The second kappa shape index (κ2) is 21.7. The molecule has 40 heavy (non-hydrogen) atoms. The lowest BCUT2D eigenvalue weighted by molar-refractivity contribution is -0.327. The molecular weight excluding hydrogens is 528 g/mol. The van der Waals surface area contributed by atoms with Gasteiger partial charge in [0.1, 0.15) is 55.4 Å². The number of unbranched alkanes of at least 4 members (excludes halogenated alkanes) is 12. The van der Waals surface area contributed by atoms with Gasteiger partial charge < -0.3 is 55.1 Å². The smallest absolute Gasteiger partial charge is 0.305 e. The fourth-order valence-electron chi connectivity index (χ4n) is 4.69. The summed E-state index contributed by atoms with van der Waals surface area (Å²) in [5.41, 5.74) is 0. The van der Waals surface area contributed by atoms with Crippen molar-refractivity contribution in [2.45, 2.75) is 152 Å². The summed E-state index contributed by atoms with van der Waals surface area (Å²) >= 11 is 0. The first-order valence-corrected chi connectivity index (χ1v) is 14.9. The van der Waals surface area contributed by atoms with E-state index in [9.17, 15) is 45.6 Å². The van der Waals surface area contributed by atoms with E-state index in [-0.39, 0.29) is 6.42 Å². The van der Waals surface area contributed by atoms with Gasteiger partial charge in [-0.3, -0.25) is 4.79 Å². The molecule has 1 aliphatic heterocycles. The number of carbonyl (C=O) groups excluding carboxylic acids is 1. The number of aliphatic hydroxyl groups excluding tert-OH is 8. The van der Waals surface area contributed by atoms with Gasteiger partial charge in [-0.15, -0.1) is 0 Å². The molecule has 12 nitrogen and oxygen atoms in total. The SMILES string of the molecule is CCCCCCCCCCCCCCCC(=O)OC[C@H](O)[C@@H](O)[C@H](OC1O[C@H](CO)[C@H](O)[C@H](O)[C@H]1O)[C@H](O)CO. The third-order valence-electron chi connectivity index (χ3n) is 7.34. The van der Waals surface area contributed by atoms with Crippen LogP contribution in [0, 0.1) is 0 Å². The van der Waals surface area contributed by atoms with Crippen LogP contribution in [0.15, 0.2) is 0 Å². The molecule has 238 valence electrons. The number of hydrogen-bond donors (Lipinski definition) is 8. The van der Waals surface area contributed by atoms with Crippen LogP contribution in [0.4, 0.5) is 0 Å². The van der Waals surface area contributed by atoms with Crippen molar-refractivity contribution in [3.63, 3.8) is 0 Å². The summed E-state index contributed by atoms with van der Waals surface area (Å²) in [5, 5.41) is 79.5. The number of carbonyl (C=O) groups is 1. The van der Waals surface area contributed by atoms with Crippen molar-refractivity contribution >= 4 is 5.97 Å². The zero-order valence-electron chi connectivity index (χ0n) is 23.9. The minimum Gasteiger partial charge on any atom is -0.463 e. The van der Waals surface area contributed by atoms with Crippen molar-refractivity contribution in [1.29, 1.82) is 0 Å². The van der Waals surface area contributed by atoms with Crippen molar-refractivity contribution in [3.8, 4) is 0 Å². The van der Waals surface area contributed by atoms with Crippen LogP contribution < -0.4 is 0 Å². The molecule has 1 fully saturated rings. The van der Waals surface area contributed by atoms with Crippen LogP contribution in [-0.4, -0.2) is 122 Å². The Bertz CT molecular complexity index is 636. The molecule has 0 radical (unpaired) electrons. The molecule has 1 unspecified atom stereocenters. The lowest BCUT2D eigenvalue weighted by atomic mass is 9.98. The molecule has 0 aliphatic carbocycles. The van der Waals surface area contributed by atoms with Gasteiger partial charge in [-0.05, 0) is 6.42 Å². The highest BCUT2D eigenvalue weighted by molar-refractivity contribution is 5.69. The molecule has 0 spiro atoms. The van der Waals surface area contributed by atoms with Crippen LogP contribution in [0.5, 0.6) is 0 Å². The monoisotopic (exact) mass is 582 g/mol. The third kappa shape index (κ3) is 13.8. The topological polar surface area (TPSA) is 207 Å². The zero-order chi connectivity index (χ0) is 29.9. The molecule has 0 saturated carbocycles. The van der Waals surface area contributed by atoms with E-state index in [1.807, 2.05) is 0 Å². The predicted octanol–water partition coefficient (Wildman–Crippen LogP) is 0.271. The van der Waals surface area contributed by atoms with E-state index >= 15 is 0 Å². The maximum atomic E-state index is 12.1. The van der Waals surface area contributed by atoms with Gasteiger partial charge in [-0.1, -0.05) is 84.0 Å². The highest BCUT2D eigenvalue weighted by atomic mass is 16.7. The summed E-state index contributed by atoms with van der Waals surface area (Å²) in [6, 6.07) is 0. The Balaban J connectivity index is 2.31. The van der Waals surface area contributed by atoms with E-state index in [1.54, 1.807) is 0 Å². The molecule has 1 heterocycles. The minimum absolute atomic E-state index is 0.157. The second-order valence-corrected chi connectivity index (χ2v) is 10.8. The zero-order valence-corrected chi connectivity index (χ0v) is 23.9. The minimum atomic E-state index is -1.89. The lowest BCUT2D eigenvalue weighted by Gasteiger charge is -2.42. The van der Waals surface area contributed by atoms with Crippen molar-refractivity contribution in [3.05, 3.63) is 0 Å². The number of rotatable bonds is 23. The first kappa shape index (κ1) is 37.1. The number of ether oxygens (including phenoxy) is 3. The number of aliphatic hydroxyl groups is 8. The molecular formula is C28H54O12. The Hall–Kier alpha value is -0.930. The second-order valence-electron chi connectivity index (χ2n) is 10.8. The number of esters is 1. The van der Waals surface area contributed by atoms with Crippen LogP contribution in [0.2, 0.25) is 0 Å². The quantitative estimate of drug-likeness (QED) is 0.0604. The maximum Gasteiger partial charge on any atom is 0.305 e. The summed E-state index contributed by atoms with van der Waals surface area (Å²) < 4.78 is 15.6. The van der Waals surface area contributed by atoms with Gasteiger partial charge in [-0.2, -0.15) is 0 Å². The van der Waals surface area contributed by atoms with Gasteiger partial charge in [0, 0.05) is 6.42 Å². The van der Waals surface area contributed by atoms with Crippen molar-refractivity contribution in [2.75, 3.05) is 19.8 Å². The van der Waals surface area contributed by atoms with Gasteiger partial charge in [-0.25, -0.2) is 0 Å². The predicted molar refractivity (Wildman–Crippen MR) is 145 cm³/mol. The maximum absolute atomic E-state index is 12.1. The van der Waals surface area contributed by atoms with Crippen LogP contribution in [0.25, 0.3) is 0 Å². The molecule has 0 aromatic carbocycles. The summed E-state index contributed by atoms with van der Waals surface area (Å²) in [4.78, 5) is 12.1. The van der Waals surface area contributed by atoms with E-state index in [0.29, 0.717) is 6.42 Å². The Morgan fingerprint density at radius 1 is 0.750 bits per heavy atom. The molecule has 0 amide bonds. The summed E-state index contributed by atoms with van der Waals surface area (Å²) in [6.45, 7) is -0.00630. The van der Waals surface area contributed by atoms with E-state index < -0.39 is 80.9 Å². The van der Waals surface area contributed by atoms with Crippen LogP contribution >= 0.6 is 0 Å². The number of hydrogen-bond acceptors (Lipinski definition) is 12. The average molecular weight is 583 g/mol. The molecule has 12 heteroatoms. The largest absolute Gasteiger partial charge is 0.463 e. The molecule has 0 aromatic heterocycles. The van der Waals surface area contributed by atoms with E-state index in [0.717, 1.165) is 19.3 Å². The van der Waals surface area contributed by atoms with Crippen molar-refractivity contribution < 1.29 is 59.9 Å². The van der Waals surface area contributed by atoms with Crippen molar-refractivity contribution in [1.82, 2.24) is 0 Å². The standard InChI is InChI=1S/C28H54O12/c1-2-3-4-5-6-7-8-9-10-11-12-13-14-15-22(33)38-18-20(32)23(34)27(19(31)16-29)40-28-26(37)25(36)24(35)21(17-30)39-28/h19-21,23-32,34-37H,2-18H2,1H3/t19-,20+,21-,23-,24+,25+,26-,27-,28?/m1/s1. The van der Waals surface area contributed by atoms with E-state index in [2.05, 4.69) is 6.92 Å². The Labute approximate surface area is 237 Å².